The average molecular weight is 502 g/mol. The molecule has 0 spiro atoms. The number of anilines is 1. The lowest BCUT2D eigenvalue weighted by Gasteiger charge is -2.28. The third-order valence-electron chi connectivity index (χ3n) is 7.18. The fourth-order valence-corrected chi connectivity index (χ4v) is 6.50. The summed E-state index contributed by atoms with van der Waals surface area (Å²) in [4.78, 5) is 40.2. The van der Waals surface area contributed by atoms with Crippen molar-refractivity contribution in [1.82, 2.24) is 4.90 Å². The molecule has 7 heteroatoms. The minimum absolute atomic E-state index is 0.175. The summed E-state index contributed by atoms with van der Waals surface area (Å²) in [6.45, 7) is 1.60. The molecule has 1 aliphatic heterocycles. The molecule has 5 nitrogen and oxygen atoms in total. The van der Waals surface area contributed by atoms with Crippen molar-refractivity contribution in [3.8, 4) is 0 Å². The Morgan fingerprint density at radius 1 is 1.13 bits per heavy atom. The number of nitrogens with one attached hydrogen (secondary N) is 1. The van der Waals surface area contributed by atoms with Crippen molar-refractivity contribution in [3.63, 3.8) is 0 Å². The van der Waals surface area contributed by atoms with Crippen LogP contribution in [0.15, 0.2) is 46.9 Å². The molecule has 2 saturated carbocycles. The lowest BCUT2D eigenvalue weighted by Crippen LogP contribution is -2.39. The van der Waals surface area contributed by atoms with Crippen LogP contribution in [0.2, 0.25) is 5.02 Å². The number of aryl methyl sites for hydroxylation is 1. The topological polar surface area (TPSA) is 66.5 Å². The predicted molar refractivity (Wildman–Crippen MR) is 122 cm³/mol. The maximum atomic E-state index is 13.2. The molecule has 3 fully saturated rings. The normalized spacial score (nSPS) is 28.9. The largest absolute Gasteiger partial charge is 0.324 e. The first-order chi connectivity index (χ1) is 14.8. The second-order valence-electron chi connectivity index (χ2n) is 8.86. The summed E-state index contributed by atoms with van der Waals surface area (Å²) < 4.78 is 0.742. The maximum Gasteiger partial charge on any atom is 0.244 e. The summed E-state index contributed by atoms with van der Waals surface area (Å²) >= 11 is 9.49. The third-order valence-corrected chi connectivity index (χ3v) is 8.37. The number of rotatable bonds is 4. The van der Waals surface area contributed by atoms with Crippen molar-refractivity contribution >= 4 is 50.9 Å². The first-order valence-electron chi connectivity index (χ1n) is 10.5. The molecule has 0 unspecified atom stereocenters. The standard InChI is InChI=1S/C24H22BrClN2O3/c1-12-7-17(25)18(26)10-19(12)27-20(29)11-28-23(30)21-14-8-15(13-5-3-2-4-6-13)16(9-14)22(21)24(28)31/h2-7,10,14-16,21-22H,8-9,11H2,1H3,(H,27,29)/t14-,15+,16+,21+,22-/m0/s1. The van der Waals surface area contributed by atoms with Crippen LogP contribution in [0.3, 0.4) is 0 Å². The highest BCUT2D eigenvalue weighted by atomic mass is 79.9. The zero-order valence-corrected chi connectivity index (χ0v) is 19.3. The zero-order chi connectivity index (χ0) is 21.9. The van der Waals surface area contributed by atoms with Gasteiger partial charge < -0.3 is 5.32 Å². The van der Waals surface area contributed by atoms with Gasteiger partial charge in [0.25, 0.3) is 0 Å². The van der Waals surface area contributed by atoms with Gasteiger partial charge in [-0.05, 0) is 76.7 Å². The van der Waals surface area contributed by atoms with E-state index < -0.39 is 5.91 Å². The van der Waals surface area contributed by atoms with Crippen LogP contribution in [0.1, 0.15) is 29.9 Å². The summed E-state index contributed by atoms with van der Waals surface area (Å²) in [6.07, 6.45) is 1.86. The summed E-state index contributed by atoms with van der Waals surface area (Å²) in [5, 5.41) is 3.27. The van der Waals surface area contributed by atoms with Crippen molar-refractivity contribution in [2.24, 2.45) is 23.7 Å². The Morgan fingerprint density at radius 3 is 2.58 bits per heavy atom. The predicted octanol–water partition coefficient (Wildman–Crippen LogP) is 4.77. The molecule has 160 valence electrons. The number of carbonyl (C=O) groups is 3. The summed E-state index contributed by atoms with van der Waals surface area (Å²) in [7, 11) is 0. The van der Waals surface area contributed by atoms with Crippen molar-refractivity contribution in [2.45, 2.75) is 25.7 Å². The molecule has 5 atom stereocenters. The van der Waals surface area contributed by atoms with Crippen LogP contribution in [0.4, 0.5) is 5.69 Å². The van der Waals surface area contributed by atoms with Gasteiger partial charge in [0.15, 0.2) is 0 Å². The summed E-state index contributed by atoms with van der Waals surface area (Å²) in [5.41, 5.74) is 2.65. The van der Waals surface area contributed by atoms with Crippen LogP contribution >= 0.6 is 27.5 Å². The number of imide groups is 1. The molecule has 0 radical (unpaired) electrons. The molecule has 1 heterocycles. The Labute approximate surface area is 194 Å². The minimum atomic E-state index is -0.393. The molecule has 1 saturated heterocycles. The SMILES string of the molecule is Cc1cc(Br)c(Cl)cc1NC(=O)CN1C(=O)[C@@H]2[C@@H]3C[C@@H]([C@@H]2C1=O)[C@@H](c1ccccc1)C3. The molecule has 0 aromatic heterocycles. The van der Waals surface area contributed by atoms with Gasteiger partial charge in [-0.3, -0.25) is 19.3 Å². The Morgan fingerprint density at radius 2 is 1.84 bits per heavy atom. The molecule has 31 heavy (non-hydrogen) atoms. The highest BCUT2D eigenvalue weighted by Gasteiger charge is 2.63. The Balaban J connectivity index is 1.32. The van der Waals surface area contributed by atoms with Crippen molar-refractivity contribution < 1.29 is 14.4 Å². The number of benzene rings is 2. The number of carbonyl (C=O) groups excluding carboxylic acids is 3. The highest BCUT2D eigenvalue weighted by Crippen LogP contribution is 2.61. The van der Waals surface area contributed by atoms with Crippen LogP contribution in [0.5, 0.6) is 0 Å². The highest BCUT2D eigenvalue weighted by molar-refractivity contribution is 9.10. The number of halogens is 2. The second kappa shape index (κ2) is 7.75. The molecule has 2 aromatic rings. The van der Waals surface area contributed by atoms with E-state index in [1.165, 1.54) is 10.5 Å². The van der Waals surface area contributed by atoms with E-state index in [0.29, 0.717) is 16.6 Å². The Kier molecular flexibility index (Phi) is 5.18. The van der Waals surface area contributed by atoms with E-state index >= 15 is 0 Å². The van der Waals surface area contributed by atoms with E-state index in [2.05, 4.69) is 33.4 Å². The molecule has 5 rings (SSSR count). The summed E-state index contributed by atoms with van der Waals surface area (Å²) in [6, 6.07) is 13.7. The molecule has 2 aromatic carbocycles. The van der Waals surface area contributed by atoms with Crippen molar-refractivity contribution in [3.05, 3.63) is 63.1 Å². The zero-order valence-electron chi connectivity index (χ0n) is 17.0. The fourth-order valence-electron chi connectivity index (χ4n) is 5.87. The maximum absolute atomic E-state index is 13.2. The Bertz CT molecular complexity index is 1090. The second-order valence-corrected chi connectivity index (χ2v) is 10.1. The lowest BCUT2D eigenvalue weighted by atomic mass is 9.73. The smallest absolute Gasteiger partial charge is 0.244 e. The van der Waals surface area contributed by atoms with Gasteiger partial charge in [0, 0.05) is 10.2 Å². The van der Waals surface area contributed by atoms with Gasteiger partial charge in [0.05, 0.1) is 16.9 Å². The fraction of sp³-hybridized carbons (Fsp3) is 0.375. The van der Waals surface area contributed by atoms with Crippen LogP contribution in [-0.2, 0) is 14.4 Å². The quantitative estimate of drug-likeness (QED) is 0.614. The molecule has 2 aliphatic carbocycles. The van der Waals surface area contributed by atoms with Gasteiger partial charge >= 0.3 is 0 Å². The van der Waals surface area contributed by atoms with E-state index in [9.17, 15) is 14.4 Å². The number of hydrogen-bond donors (Lipinski definition) is 1. The minimum Gasteiger partial charge on any atom is -0.324 e. The summed E-state index contributed by atoms with van der Waals surface area (Å²) in [5.74, 6) is -0.631. The van der Waals surface area contributed by atoms with E-state index in [1.54, 1.807) is 6.07 Å². The molecule has 3 aliphatic rings. The van der Waals surface area contributed by atoms with E-state index in [0.717, 1.165) is 22.9 Å². The van der Waals surface area contributed by atoms with Gasteiger partial charge in [-0.2, -0.15) is 0 Å². The molecule has 2 bridgehead atoms. The van der Waals surface area contributed by atoms with E-state index in [4.69, 9.17) is 11.6 Å². The third kappa shape index (κ3) is 3.40. The van der Waals surface area contributed by atoms with Gasteiger partial charge in [0.1, 0.15) is 6.54 Å². The lowest BCUT2D eigenvalue weighted by molar-refractivity contribution is -0.143. The van der Waals surface area contributed by atoms with Crippen LogP contribution in [0, 0.1) is 30.6 Å². The van der Waals surface area contributed by atoms with Crippen molar-refractivity contribution in [1.29, 1.82) is 0 Å². The Hall–Kier alpha value is -2.18. The van der Waals surface area contributed by atoms with E-state index in [1.807, 2.05) is 31.2 Å². The van der Waals surface area contributed by atoms with Gasteiger partial charge in [0.2, 0.25) is 17.7 Å². The van der Waals surface area contributed by atoms with Gasteiger partial charge in [-0.15, -0.1) is 0 Å². The van der Waals surface area contributed by atoms with Crippen LogP contribution < -0.4 is 5.32 Å². The van der Waals surface area contributed by atoms with Gasteiger partial charge in [-0.25, -0.2) is 0 Å². The number of likely N-dealkylation sites (tertiary alicyclic amines) is 1. The number of nitrogens with zero attached hydrogens (tertiary/aromatic N) is 1. The number of fused-ring (bicyclic) bond motifs is 5. The van der Waals surface area contributed by atoms with Gasteiger partial charge in [-0.1, -0.05) is 41.9 Å². The first-order valence-corrected chi connectivity index (χ1v) is 11.7. The molecular formula is C24H22BrClN2O3. The van der Waals surface area contributed by atoms with Crippen LogP contribution in [-0.4, -0.2) is 29.2 Å². The van der Waals surface area contributed by atoms with E-state index in [-0.39, 0.29) is 42.0 Å². The van der Waals surface area contributed by atoms with Crippen LogP contribution in [0.25, 0.3) is 0 Å². The first kappa shape index (κ1) is 20.7. The molecular weight excluding hydrogens is 480 g/mol. The average Bonchev–Trinajstić information content (AvgIpc) is 3.40. The van der Waals surface area contributed by atoms with Crippen molar-refractivity contribution in [2.75, 3.05) is 11.9 Å². The monoisotopic (exact) mass is 500 g/mol. The number of hydrogen-bond acceptors (Lipinski definition) is 3. The molecule has 1 N–H and O–H groups in total. The molecule has 3 amide bonds. The number of amides is 3.